The Hall–Kier alpha value is -2.89. The standard InChI is InChI=1S/C16H14N2O4/c19-15-7-4-11(9-14(15)18(21)22)10-2-1-3-12(8-10)16(20)17-13-5-6-13/h1-4,7-9,13,19H,5-6H2,(H,17,20). The number of carbonyl (C=O) groups is 1. The van der Waals surface area contributed by atoms with E-state index in [4.69, 9.17) is 0 Å². The molecule has 0 unspecified atom stereocenters. The molecule has 22 heavy (non-hydrogen) atoms. The van der Waals surface area contributed by atoms with E-state index >= 15 is 0 Å². The van der Waals surface area contributed by atoms with E-state index in [1.165, 1.54) is 12.1 Å². The predicted octanol–water partition coefficient (Wildman–Crippen LogP) is 2.86. The molecule has 6 nitrogen and oxygen atoms in total. The number of benzene rings is 2. The number of hydrogen-bond acceptors (Lipinski definition) is 4. The van der Waals surface area contributed by atoms with E-state index < -0.39 is 4.92 Å². The highest BCUT2D eigenvalue weighted by Gasteiger charge is 2.24. The first-order chi connectivity index (χ1) is 10.5. The van der Waals surface area contributed by atoms with Gasteiger partial charge in [0.2, 0.25) is 0 Å². The molecule has 2 aromatic rings. The van der Waals surface area contributed by atoms with Crippen LogP contribution in [0.1, 0.15) is 23.2 Å². The van der Waals surface area contributed by atoms with Gasteiger partial charge in [-0.1, -0.05) is 18.2 Å². The van der Waals surface area contributed by atoms with Crippen LogP contribution in [-0.2, 0) is 0 Å². The maximum absolute atomic E-state index is 12.0. The van der Waals surface area contributed by atoms with Crippen molar-refractivity contribution in [3.05, 3.63) is 58.1 Å². The molecule has 2 N–H and O–H groups in total. The molecule has 0 aromatic heterocycles. The van der Waals surface area contributed by atoms with Crippen molar-refractivity contribution in [3.63, 3.8) is 0 Å². The number of nitrogens with zero attached hydrogens (tertiary/aromatic N) is 1. The number of rotatable bonds is 4. The zero-order valence-corrected chi connectivity index (χ0v) is 11.7. The van der Waals surface area contributed by atoms with Crippen LogP contribution < -0.4 is 5.32 Å². The first kappa shape index (κ1) is 14.1. The smallest absolute Gasteiger partial charge is 0.311 e. The summed E-state index contributed by atoms with van der Waals surface area (Å²) in [6.45, 7) is 0. The molecule has 6 heteroatoms. The Labute approximate surface area is 126 Å². The van der Waals surface area contributed by atoms with Gasteiger partial charge in [0.1, 0.15) is 0 Å². The zero-order chi connectivity index (χ0) is 15.7. The number of amides is 1. The molecule has 3 rings (SSSR count). The Kier molecular flexibility index (Phi) is 3.50. The van der Waals surface area contributed by atoms with Crippen molar-refractivity contribution >= 4 is 11.6 Å². The van der Waals surface area contributed by atoms with Crippen LogP contribution in [0.15, 0.2) is 42.5 Å². The van der Waals surface area contributed by atoms with Crippen LogP contribution >= 0.6 is 0 Å². The molecule has 1 aliphatic rings. The van der Waals surface area contributed by atoms with Gasteiger partial charge in [0.15, 0.2) is 5.75 Å². The summed E-state index contributed by atoms with van der Waals surface area (Å²) >= 11 is 0. The van der Waals surface area contributed by atoms with Gasteiger partial charge in [-0.3, -0.25) is 14.9 Å². The second-order valence-corrected chi connectivity index (χ2v) is 5.29. The van der Waals surface area contributed by atoms with Crippen LogP contribution in [-0.4, -0.2) is 22.0 Å². The fourth-order valence-corrected chi connectivity index (χ4v) is 2.19. The Morgan fingerprint density at radius 3 is 2.59 bits per heavy atom. The number of phenols is 1. The van der Waals surface area contributed by atoms with Gasteiger partial charge < -0.3 is 10.4 Å². The highest BCUT2D eigenvalue weighted by molar-refractivity contribution is 5.95. The second-order valence-electron chi connectivity index (χ2n) is 5.29. The van der Waals surface area contributed by atoms with E-state index in [-0.39, 0.29) is 23.4 Å². The molecule has 0 saturated heterocycles. The van der Waals surface area contributed by atoms with Gasteiger partial charge in [-0.25, -0.2) is 0 Å². The summed E-state index contributed by atoms with van der Waals surface area (Å²) in [4.78, 5) is 22.3. The average Bonchev–Trinajstić information content (AvgIpc) is 3.31. The third kappa shape index (κ3) is 2.90. The summed E-state index contributed by atoms with van der Waals surface area (Å²) in [5, 5.41) is 23.3. The number of nitrogens with one attached hydrogen (secondary N) is 1. The van der Waals surface area contributed by atoms with Crippen molar-refractivity contribution in [3.8, 4) is 16.9 Å². The SMILES string of the molecule is O=C(NC1CC1)c1cccc(-c2ccc(O)c([N+](=O)[O-])c2)c1. The summed E-state index contributed by atoms with van der Waals surface area (Å²) in [6, 6.07) is 11.3. The fraction of sp³-hybridized carbons (Fsp3) is 0.188. The van der Waals surface area contributed by atoms with E-state index in [9.17, 15) is 20.0 Å². The van der Waals surface area contributed by atoms with Crippen LogP contribution in [0.3, 0.4) is 0 Å². The van der Waals surface area contributed by atoms with Gasteiger partial charge in [0.05, 0.1) is 4.92 Å². The predicted molar refractivity (Wildman–Crippen MR) is 80.7 cm³/mol. The average molecular weight is 298 g/mol. The largest absolute Gasteiger partial charge is 0.502 e. The van der Waals surface area contributed by atoms with E-state index in [0.29, 0.717) is 16.7 Å². The molecule has 1 aliphatic carbocycles. The zero-order valence-electron chi connectivity index (χ0n) is 11.7. The molecule has 0 radical (unpaired) electrons. The van der Waals surface area contributed by atoms with Crippen molar-refractivity contribution in [2.24, 2.45) is 0 Å². The van der Waals surface area contributed by atoms with Crippen molar-refractivity contribution in [2.45, 2.75) is 18.9 Å². The second kappa shape index (κ2) is 5.48. The molecule has 0 atom stereocenters. The van der Waals surface area contributed by atoms with Crippen molar-refractivity contribution < 1.29 is 14.8 Å². The summed E-state index contributed by atoms with van der Waals surface area (Å²) in [5.41, 5.74) is 1.42. The molecular formula is C16H14N2O4. The molecule has 112 valence electrons. The molecule has 1 saturated carbocycles. The third-order valence-electron chi connectivity index (χ3n) is 3.54. The van der Waals surface area contributed by atoms with Gasteiger partial charge >= 0.3 is 5.69 Å². The molecule has 0 aliphatic heterocycles. The number of aromatic hydroxyl groups is 1. The number of carbonyl (C=O) groups excluding carboxylic acids is 1. The lowest BCUT2D eigenvalue weighted by Crippen LogP contribution is -2.25. The maximum atomic E-state index is 12.0. The summed E-state index contributed by atoms with van der Waals surface area (Å²) in [7, 11) is 0. The van der Waals surface area contributed by atoms with Gasteiger partial charge in [0, 0.05) is 17.7 Å². The van der Waals surface area contributed by atoms with Crippen molar-refractivity contribution in [1.82, 2.24) is 5.32 Å². The number of phenolic OH excluding ortho intramolecular Hbond substituents is 1. The van der Waals surface area contributed by atoms with Crippen LogP contribution in [0.25, 0.3) is 11.1 Å². The minimum atomic E-state index is -0.636. The lowest BCUT2D eigenvalue weighted by molar-refractivity contribution is -0.385. The molecule has 0 heterocycles. The highest BCUT2D eigenvalue weighted by Crippen LogP contribution is 2.31. The number of hydrogen-bond donors (Lipinski definition) is 2. The Balaban J connectivity index is 1.93. The van der Waals surface area contributed by atoms with Crippen molar-refractivity contribution in [1.29, 1.82) is 0 Å². The van der Waals surface area contributed by atoms with Crippen LogP contribution in [0.5, 0.6) is 5.75 Å². The van der Waals surface area contributed by atoms with Crippen LogP contribution in [0.4, 0.5) is 5.69 Å². The summed E-state index contributed by atoms with van der Waals surface area (Å²) in [6.07, 6.45) is 2.02. The quantitative estimate of drug-likeness (QED) is 0.670. The van der Waals surface area contributed by atoms with E-state index in [1.807, 2.05) is 0 Å². The Bertz CT molecular complexity index is 754. The van der Waals surface area contributed by atoms with E-state index in [0.717, 1.165) is 12.8 Å². The summed E-state index contributed by atoms with van der Waals surface area (Å²) in [5.74, 6) is -0.519. The number of nitro groups is 1. The minimum Gasteiger partial charge on any atom is -0.502 e. The van der Waals surface area contributed by atoms with Gasteiger partial charge in [-0.15, -0.1) is 0 Å². The molecule has 2 aromatic carbocycles. The Morgan fingerprint density at radius 2 is 1.91 bits per heavy atom. The molecular weight excluding hydrogens is 284 g/mol. The van der Waals surface area contributed by atoms with E-state index in [2.05, 4.69) is 5.32 Å². The lowest BCUT2D eigenvalue weighted by Gasteiger charge is -2.07. The molecule has 1 fully saturated rings. The topological polar surface area (TPSA) is 92.5 Å². The Morgan fingerprint density at radius 1 is 1.18 bits per heavy atom. The van der Waals surface area contributed by atoms with Gasteiger partial charge in [-0.05, 0) is 42.2 Å². The van der Waals surface area contributed by atoms with Crippen LogP contribution in [0.2, 0.25) is 0 Å². The number of nitro benzene ring substituents is 1. The van der Waals surface area contributed by atoms with Crippen molar-refractivity contribution in [2.75, 3.05) is 0 Å². The minimum absolute atomic E-state index is 0.141. The molecule has 1 amide bonds. The normalized spacial score (nSPS) is 13.6. The third-order valence-corrected chi connectivity index (χ3v) is 3.54. The highest BCUT2D eigenvalue weighted by atomic mass is 16.6. The first-order valence-electron chi connectivity index (χ1n) is 6.93. The molecule has 0 bridgehead atoms. The summed E-state index contributed by atoms with van der Waals surface area (Å²) < 4.78 is 0. The first-order valence-corrected chi connectivity index (χ1v) is 6.93. The van der Waals surface area contributed by atoms with Gasteiger partial charge in [-0.2, -0.15) is 0 Å². The molecule has 0 spiro atoms. The lowest BCUT2D eigenvalue weighted by atomic mass is 10.0. The monoisotopic (exact) mass is 298 g/mol. The van der Waals surface area contributed by atoms with E-state index in [1.54, 1.807) is 30.3 Å². The fourth-order valence-electron chi connectivity index (χ4n) is 2.19. The van der Waals surface area contributed by atoms with Crippen LogP contribution in [0, 0.1) is 10.1 Å². The van der Waals surface area contributed by atoms with Gasteiger partial charge in [0.25, 0.3) is 5.91 Å². The maximum Gasteiger partial charge on any atom is 0.311 e.